The molecule has 0 aliphatic carbocycles. The summed E-state index contributed by atoms with van der Waals surface area (Å²) in [4.78, 5) is 38.3. The molecule has 0 saturated heterocycles. The molecule has 6 nitrogen and oxygen atoms in total. The molecule has 0 aromatic carbocycles. The van der Waals surface area contributed by atoms with Gasteiger partial charge in [-0.25, -0.2) is 0 Å². The molecule has 0 heterocycles. The van der Waals surface area contributed by atoms with Crippen LogP contribution >= 0.6 is 0 Å². The van der Waals surface area contributed by atoms with Gasteiger partial charge >= 0.3 is 17.9 Å². The Bertz CT molecular complexity index is 1320. The third-order valence-electron chi connectivity index (χ3n) is 13.2. The SMILES string of the molecule is CC/C=C\C/C=C\C/C=C\C/C=C\CCCCCCC(=O)O[C@H](COC(=O)CCCCCCCCCCC/C=C\C/C=C\CCCCC)COC(=O)CCCCCCCCCCCCCCCCCCC. The van der Waals surface area contributed by atoms with Crippen LogP contribution in [0.5, 0.6) is 0 Å². The molecule has 0 saturated carbocycles. The van der Waals surface area contributed by atoms with Crippen molar-refractivity contribution in [2.24, 2.45) is 0 Å². The van der Waals surface area contributed by atoms with E-state index in [1.165, 1.54) is 161 Å². The summed E-state index contributed by atoms with van der Waals surface area (Å²) in [5, 5.41) is 0. The maximum Gasteiger partial charge on any atom is 0.306 e. The summed E-state index contributed by atoms with van der Waals surface area (Å²) in [5.41, 5.74) is 0. The van der Waals surface area contributed by atoms with Gasteiger partial charge in [-0.3, -0.25) is 14.4 Å². The van der Waals surface area contributed by atoms with Crippen LogP contribution in [0.4, 0.5) is 0 Å². The number of unbranched alkanes of at least 4 members (excludes halogenated alkanes) is 32. The van der Waals surface area contributed by atoms with E-state index in [0.717, 1.165) is 103 Å². The molecule has 0 fully saturated rings. The Hall–Kier alpha value is -3.15. The quantitative estimate of drug-likeness (QED) is 0.0261. The lowest BCUT2D eigenvalue weighted by molar-refractivity contribution is -0.167. The molecule has 1 atom stereocenters. The fourth-order valence-electron chi connectivity index (χ4n) is 8.64. The van der Waals surface area contributed by atoms with Gasteiger partial charge in [-0.1, -0.05) is 267 Å². The Morgan fingerprint density at radius 2 is 0.549 bits per heavy atom. The van der Waals surface area contributed by atoms with E-state index in [1.807, 2.05) is 0 Å². The lowest BCUT2D eigenvalue weighted by Crippen LogP contribution is -2.30. The van der Waals surface area contributed by atoms with Gasteiger partial charge in [0.1, 0.15) is 13.2 Å². The van der Waals surface area contributed by atoms with Crippen molar-refractivity contribution in [3.05, 3.63) is 72.9 Å². The topological polar surface area (TPSA) is 78.9 Å². The molecular weight excluding hydrogens is 877 g/mol. The van der Waals surface area contributed by atoms with Gasteiger partial charge in [0.25, 0.3) is 0 Å². The highest BCUT2D eigenvalue weighted by Crippen LogP contribution is 2.16. The molecule has 71 heavy (non-hydrogen) atoms. The van der Waals surface area contributed by atoms with Crippen LogP contribution in [-0.2, 0) is 28.6 Å². The minimum absolute atomic E-state index is 0.0841. The average Bonchev–Trinajstić information content (AvgIpc) is 3.37. The second-order valence-corrected chi connectivity index (χ2v) is 20.2. The maximum absolute atomic E-state index is 12.9. The molecule has 0 radical (unpaired) electrons. The molecule has 0 aliphatic rings. The van der Waals surface area contributed by atoms with E-state index in [0.29, 0.717) is 19.3 Å². The van der Waals surface area contributed by atoms with Crippen LogP contribution in [0.25, 0.3) is 0 Å². The van der Waals surface area contributed by atoms with Gasteiger partial charge in [-0.05, 0) is 89.9 Å². The molecule has 0 unspecified atom stereocenters. The van der Waals surface area contributed by atoms with Crippen molar-refractivity contribution < 1.29 is 28.6 Å². The number of ether oxygens (including phenoxy) is 3. The van der Waals surface area contributed by atoms with Gasteiger partial charge in [0.2, 0.25) is 0 Å². The van der Waals surface area contributed by atoms with Crippen molar-refractivity contribution in [3.8, 4) is 0 Å². The summed E-state index contributed by atoms with van der Waals surface area (Å²) in [6, 6.07) is 0. The summed E-state index contributed by atoms with van der Waals surface area (Å²) in [6.07, 6.45) is 76.1. The Balaban J connectivity index is 4.40. The highest BCUT2D eigenvalue weighted by Gasteiger charge is 2.19. The number of hydrogen-bond acceptors (Lipinski definition) is 6. The Kier molecular flexibility index (Phi) is 56.8. The minimum Gasteiger partial charge on any atom is -0.462 e. The normalized spacial score (nSPS) is 12.5. The predicted molar refractivity (Wildman–Crippen MR) is 307 cm³/mol. The molecular formula is C65H114O6. The van der Waals surface area contributed by atoms with Crippen molar-refractivity contribution in [1.82, 2.24) is 0 Å². The van der Waals surface area contributed by atoms with E-state index in [9.17, 15) is 14.4 Å². The number of hydrogen-bond donors (Lipinski definition) is 0. The van der Waals surface area contributed by atoms with Gasteiger partial charge in [-0.15, -0.1) is 0 Å². The van der Waals surface area contributed by atoms with E-state index < -0.39 is 6.10 Å². The van der Waals surface area contributed by atoms with Crippen LogP contribution in [0.2, 0.25) is 0 Å². The maximum atomic E-state index is 12.9. The van der Waals surface area contributed by atoms with E-state index in [1.54, 1.807) is 0 Å². The first-order valence-electron chi connectivity index (χ1n) is 30.4. The minimum atomic E-state index is -0.789. The zero-order valence-corrected chi connectivity index (χ0v) is 47.0. The third-order valence-corrected chi connectivity index (χ3v) is 13.2. The Morgan fingerprint density at radius 1 is 0.296 bits per heavy atom. The van der Waals surface area contributed by atoms with Crippen LogP contribution < -0.4 is 0 Å². The summed E-state index contributed by atoms with van der Waals surface area (Å²) in [7, 11) is 0. The molecule has 0 aliphatic heterocycles. The second kappa shape index (κ2) is 59.4. The first-order chi connectivity index (χ1) is 35.0. The van der Waals surface area contributed by atoms with Crippen LogP contribution in [0.15, 0.2) is 72.9 Å². The zero-order chi connectivity index (χ0) is 51.4. The van der Waals surface area contributed by atoms with Crippen molar-refractivity contribution in [2.45, 2.75) is 309 Å². The summed E-state index contributed by atoms with van der Waals surface area (Å²) >= 11 is 0. The second-order valence-electron chi connectivity index (χ2n) is 20.2. The molecule has 0 aromatic rings. The molecule has 0 spiro atoms. The summed E-state index contributed by atoms with van der Waals surface area (Å²) in [6.45, 7) is 6.51. The van der Waals surface area contributed by atoms with Gasteiger partial charge in [0.05, 0.1) is 0 Å². The van der Waals surface area contributed by atoms with E-state index in [-0.39, 0.29) is 31.1 Å². The molecule has 0 bridgehead atoms. The van der Waals surface area contributed by atoms with Gasteiger partial charge in [0.15, 0.2) is 6.10 Å². The van der Waals surface area contributed by atoms with E-state index in [4.69, 9.17) is 14.2 Å². The van der Waals surface area contributed by atoms with Crippen molar-refractivity contribution in [1.29, 1.82) is 0 Å². The van der Waals surface area contributed by atoms with Gasteiger partial charge < -0.3 is 14.2 Å². The molecule has 0 rings (SSSR count). The van der Waals surface area contributed by atoms with E-state index >= 15 is 0 Å². The molecule has 6 heteroatoms. The monoisotopic (exact) mass is 991 g/mol. The van der Waals surface area contributed by atoms with Crippen molar-refractivity contribution in [3.63, 3.8) is 0 Å². The predicted octanol–water partition coefficient (Wildman–Crippen LogP) is 20.5. The van der Waals surface area contributed by atoms with Crippen LogP contribution in [-0.4, -0.2) is 37.2 Å². The Labute approximate surface area is 440 Å². The first-order valence-corrected chi connectivity index (χ1v) is 30.4. The highest BCUT2D eigenvalue weighted by atomic mass is 16.6. The lowest BCUT2D eigenvalue weighted by atomic mass is 10.0. The first kappa shape index (κ1) is 67.8. The van der Waals surface area contributed by atoms with Crippen molar-refractivity contribution >= 4 is 17.9 Å². The standard InChI is InChI=1S/C65H114O6/c1-4-7-10-13-16-19-22-25-28-31-32-35-37-40-43-46-49-52-55-58-64(67)70-61-62(71-65(68)59-56-53-50-47-44-41-38-34-30-27-24-21-18-15-12-9-6-3)60-69-63(66)57-54-51-48-45-42-39-36-33-29-26-23-20-17-14-11-8-5-2/h9,12,16,18-19,21,25,27-28,30,38,41,62H,4-8,10-11,13-15,17,20,22-24,26,29,31-37,39-40,42-61H2,1-3H3/b12-9-,19-16-,21-18-,28-25-,30-27-,41-38-/t62-/m0/s1. The van der Waals surface area contributed by atoms with Crippen LogP contribution in [0.3, 0.4) is 0 Å². The van der Waals surface area contributed by atoms with Crippen LogP contribution in [0.1, 0.15) is 303 Å². The van der Waals surface area contributed by atoms with Gasteiger partial charge in [0, 0.05) is 19.3 Å². The number of carbonyl (C=O) groups excluding carboxylic acids is 3. The lowest BCUT2D eigenvalue weighted by Gasteiger charge is -2.18. The van der Waals surface area contributed by atoms with Crippen LogP contribution in [0, 0.1) is 0 Å². The molecule has 410 valence electrons. The number of esters is 3. The summed E-state index contributed by atoms with van der Waals surface area (Å²) < 4.78 is 16.9. The fraction of sp³-hybridized carbons (Fsp3) is 0.769. The Morgan fingerprint density at radius 3 is 0.887 bits per heavy atom. The third kappa shape index (κ3) is 57.6. The number of allylic oxidation sites excluding steroid dienone is 12. The number of rotatable bonds is 55. The fourth-order valence-corrected chi connectivity index (χ4v) is 8.64. The van der Waals surface area contributed by atoms with E-state index in [2.05, 4.69) is 93.7 Å². The molecule has 0 N–H and O–H groups in total. The van der Waals surface area contributed by atoms with Crippen molar-refractivity contribution in [2.75, 3.05) is 13.2 Å². The molecule has 0 aromatic heterocycles. The smallest absolute Gasteiger partial charge is 0.306 e. The largest absolute Gasteiger partial charge is 0.462 e. The zero-order valence-electron chi connectivity index (χ0n) is 47.0. The van der Waals surface area contributed by atoms with Gasteiger partial charge in [-0.2, -0.15) is 0 Å². The summed E-state index contributed by atoms with van der Waals surface area (Å²) in [5.74, 6) is -0.899. The molecule has 0 amide bonds. The number of carbonyl (C=O) groups is 3. The average molecular weight is 992 g/mol. The highest BCUT2D eigenvalue weighted by molar-refractivity contribution is 5.71.